The predicted molar refractivity (Wildman–Crippen MR) is 73.6 cm³/mol. The lowest BCUT2D eigenvalue weighted by Crippen LogP contribution is -2.60. The van der Waals surface area contributed by atoms with Gasteiger partial charge in [-0.25, -0.2) is 0 Å². The molecule has 0 amide bonds. The van der Waals surface area contributed by atoms with E-state index in [0.717, 1.165) is 5.56 Å². The quantitative estimate of drug-likeness (QED) is 0.454. The molecule has 1 aliphatic rings. The first kappa shape index (κ1) is 16.2. The van der Waals surface area contributed by atoms with E-state index in [2.05, 4.69) is 5.32 Å². The Morgan fingerprint density at radius 2 is 1.86 bits per heavy atom. The molecular weight excluding hydrogens is 278 g/mol. The molecule has 0 bridgehead atoms. The SMILES string of the molecule is CNCc1ccccc1O[C@@H]1O[C@H](CO)[C@@H](O)[C@H](O)[C@H]1O. The smallest absolute Gasteiger partial charge is 0.229 e. The van der Waals surface area contributed by atoms with Gasteiger partial charge in [0, 0.05) is 12.1 Å². The van der Waals surface area contributed by atoms with Crippen LogP contribution >= 0.6 is 0 Å². The molecule has 0 aromatic heterocycles. The fourth-order valence-electron chi connectivity index (χ4n) is 2.25. The maximum atomic E-state index is 9.95. The second-order valence-corrected chi connectivity index (χ2v) is 4.95. The molecular formula is C14H21NO6. The lowest BCUT2D eigenvalue weighted by molar-refractivity contribution is -0.277. The van der Waals surface area contributed by atoms with Gasteiger partial charge in [0.25, 0.3) is 0 Å². The summed E-state index contributed by atoms with van der Waals surface area (Å²) in [4.78, 5) is 0. The standard InChI is InChI=1S/C14H21NO6/c1-15-6-8-4-2-3-5-9(8)20-14-13(19)12(18)11(17)10(7-16)21-14/h2-5,10-19H,6-7H2,1H3/t10-,11-,12+,13-,14-/m1/s1. The van der Waals surface area contributed by atoms with Gasteiger partial charge in [0.15, 0.2) is 0 Å². The Balaban J connectivity index is 2.14. The van der Waals surface area contributed by atoms with E-state index in [1.807, 2.05) is 12.1 Å². The largest absolute Gasteiger partial charge is 0.462 e. The molecule has 2 rings (SSSR count). The average molecular weight is 299 g/mol. The molecule has 0 aliphatic carbocycles. The van der Waals surface area contributed by atoms with E-state index in [-0.39, 0.29) is 0 Å². The summed E-state index contributed by atoms with van der Waals surface area (Å²) in [5.74, 6) is 0.496. The van der Waals surface area contributed by atoms with Crippen LogP contribution in [0.1, 0.15) is 5.56 Å². The normalized spacial score (nSPS) is 32.9. The molecule has 0 radical (unpaired) electrons. The van der Waals surface area contributed by atoms with E-state index in [0.29, 0.717) is 12.3 Å². The minimum atomic E-state index is -1.45. The van der Waals surface area contributed by atoms with Gasteiger partial charge in [0.05, 0.1) is 6.61 Å². The van der Waals surface area contributed by atoms with Gasteiger partial charge in [0.2, 0.25) is 6.29 Å². The van der Waals surface area contributed by atoms with E-state index in [1.54, 1.807) is 19.2 Å². The number of rotatable bonds is 5. The number of aliphatic hydroxyl groups excluding tert-OH is 4. The zero-order valence-corrected chi connectivity index (χ0v) is 11.7. The number of ether oxygens (including phenoxy) is 2. The van der Waals surface area contributed by atoms with Gasteiger partial charge < -0.3 is 35.2 Å². The van der Waals surface area contributed by atoms with Crippen LogP contribution in [0, 0.1) is 0 Å². The molecule has 1 fully saturated rings. The predicted octanol–water partition coefficient (Wildman–Crippen LogP) is -1.42. The monoisotopic (exact) mass is 299 g/mol. The van der Waals surface area contributed by atoms with Crippen molar-refractivity contribution in [1.82, 2.24) is 5.32 Å². The van der Waals surface area contributed by atoms with Crippen molar-refractivity contribution in [3.63, 3.8) is 0 Å². The maximum absolute atomic E-state index is 9.95. The third-order valence-corrected chi connectivity index (χ3v) is 3.43. The van der Waals surface area contributed by atoms with Crippen LogP contribution in [0.2, 0.25) is 0 Å². The molecule has 1 saturated heterocycles. The van der Waals surface area contributed by atoms with Crippen molar-refractivity contribution in [1.29, 1.82) is 0 Å². The number of nitrogens with one attached hydrogen (secondary N) is 1. The fourth-order valence-corrected chi connectivity index (χ4v) is 2.25. The van der Waals surface area contributed by atoms with Gasteiger partial charge >= 0.3 is 0 Å². The number of para-hydroxylation sites is 1. The average Bonchev–Trinajstić information content (AvgIpc) is 2.50. The molecule has 5 atom stereocenters. The lowest BCUT2D eigenvalue weighted by Gasteiger charge is -2.39. The van der Waals surface area contributed by atoms with E-state index >= 15 is 0 Å². The minimum Gasteiger partial charge on any atom is -0.462 e. The number of benzene rings is 1. The first-order chi connectivity index (χ1) is 10.1. The Morgan fingerprint density at radius 3 is 2.52 bits per heavy atom. The van der Waals surface area contributed by atoms with Crippen molar-refractivity contribution < 1.29 is 29.9 Å². The number of aliphatic hydroxyl groups is 4. The van der Waals surface area contributed by atoms with Crippen molar-refractivity contribution >= 4 is 0 Å². The van der Waals surface area contributed by atoms with E-state index < -0.39 is 37.3 Å². The molecule has 0 spiro atoms. The van der Waals surface area contributed by atoms with E-state index in [1.165, 1.54) is 0 Å². The van der Waals surface area contributed by atoms with Crippen molar-refractivity contribution in [2.75, 3.05) is 13.7 Å². The van der Waals surface area contributed by atoms with E-state index in [9.17, 15) is 15.3 Å². The van der Waals surface area contributed by atoms with Gasteiger partial charge in [-0.1, -0.05) is 18.2 Å². The van der Waals surface area contributed by atoms with Crippen LogP contribution in [0.25, 0.3) is 0 Å². The summed E-state index contributed by atoms with van der Waals surface area (Å²) >= 11 is 0. The van der Waals surface area contributed by atoms with Gasteiger partial charge in [-0.15, -0.1) is 0 Å². The summed E-state index contributed by atoms with van der Waals surface area (Å²) in [7, 11) is 1.80. The first-order valence-electron chi connectivity index (χ1n) is 6.78. The molecule has 0 unspecified atom stereocenters. The molecule has 0 saturated carbocycles. The summed E-state index contributed by atoms with van der Waals surface area (Å²) in [6.45, 7) is 0.0799. The summed E-state index contributed by atoms with van der Waals surface area (Å²) in [6, 6.07) is 7.20. The van der Waals surface area contributed by atoms with Gasteiger partial charge in [-0.3, -0.25) is 0 Å². The summed E-state index contributed by atoms with van der Waals surface area (Å²) in [5, 5.41) is 41.5. The second-order valence-electron chi connectivity index (χ2n) is 4.95. The van der Waals surface area contributed by atoms with Crippen LogP contribution in [0.5, 0.6) is 5.75 Å². The highest BCUT2D eigenvalue weighted by Gasteiger charge is 2.44. The van der Waals surface area contributed by atoms with Gasteiger partial charge in [-0.05, 0) is 13.1 Å². The van der Waals surface area contributed by atoms with Crippen LogP contribution in [-0.2, 0) is 11.3 Å². The summed E-state index contributed by atoms with van der Waals surface area (Å²) in [5.41, 5.74) is 0.858. The number of hydrogen-bond acceptors (Lipinski definition) is 7. The summed E-state index contributed by atoms with van der Waals surface area (Å²) < 4.78 is 10.9. The fraction of sp³-hybridized carbons (Fsp3) is 0.571. The first-order valence-corrected chi connectivity index (χ1v) is 6.78. The number of hydrogen-bond donors (Lipinski definition) is 5. The van der Waals surface area contributed by atoms with Crippen molar-refractivity contribution in [2.45, 2.75) is 37.3 Å². The third kappa shape index (κ3) is 3.52. The Bertz CT molecular complexity index is 455. The highest BCUT2D eigenvalue weighted by molar-refractivity contribution is 5.33. The van der Waals surface area contributed by atoms with Crippen LogP contribution in [0.15, 0.2) is 24.3 Å². The Labute approximate surface area is 122 Å². The zero-order chi connectivity index (χ0) is 15.4. The Morgan fingerprint density at radius 1 is 1.14 bits per heavy atom. The van der Waals surface area contributed by atoms with Crippen LogP contribution in [-0.4, -0.2) is 64.8 Å². The van der Waals surface area contributed by atoms with Crippen molar-refractivity contribution in [2.24, 2.45) is 0 Å². The minimum absolute atomic E-state index is 0.483. The van der Waals surface area contributed by atoms with Crippen LogP contribution in [0.3, 0.4) is 0 Å². The summed E-state index contributed by atoms with van der Waals surface area (Å²) in [6.07, 6.45) is -6.40. The molecule has 5 N–H and O–H groups in total. The van der Waals surface area contributed by atoms with Crippen LogP contribution < -0.4 is 10.1 Å². The second kappa shape index (κ2) is 7.17. The molecule has 7 heteroatoms. The van der Waals surface area contributed by atoms with Gasteiger partial charge in [-0.2, -0.15) is 0 Å². The van der Waals surface area contributed by atoms with E-state index in [4.69, 9.17) is 14.6 Å². The highest BCUT2D eigenvalue weighted by Crippen LogP contribution is 2.26. The van der Waals surface area contributed by atoms with Gasteiger partial charge in [0.1, 0.15) is 30.2 Å². The van der Waals surface area contributed by atoms with Crippen molar-refractivity contribution in [3.8, 4) is 5.75 Å². The topological polar surface area (TPSA) is 111 Å². The molecule has 1 aliphatic heterocycles. The molecule has 21 heavy (non-hydrogen) atoms. The molecule has 7 nitrogen and oxygen atoms in total. The Hall–Kier alpha value is -1.22. The maximum Gasteiger partial charge on any atom is 0.229 e. The molecule has 1 heterocycles. The highest BCUT2D eigenvalue weighted by atomic mass is 16.7. The third-order valence-electron chi connectivity index (χ3n) is 3.43. The van der Waals surface area contributed by atoms with Crippen molar-refractivity contribution in [3.05, 3.63) is 29.8 Å². The van der Waals surface area contributed by atoms with Crippen LogP contribution in [0.4, 0.5) is 0 Å². The molecule has 1 aromatic carbocycles. The Kier molecular flexibility index (Phi) is 5.51. The molecule has 1 aromatic rings. The lowest BCUT2D eigenvalue weighted by atomic mass is 9.99. The zero-order valence-electron chi connectivity index (χ0n) is 11.7. The molecule has 118 valence electrons.